The molecule has 0 amide bonds. The number of aliphatic hydroxyl groups excluding tert-OH is 1. The minimum Gasteiger partial charge on any atom is -0.399 e. The van der Waals surface area contributed by atoms with Crippen LogP contribution < -0.4 is 5.73 Å². The molecule has 0 heterocycles. The first-order valence-corrected chi connectivity index (χ1v) is 6.44. The summed E-state index contributed by atoms with van der Waals surface area (Å²) >= 11 is 0. The van der Waals surface area contributed by atoms with E-state index in [9.17, 15) is 5.11 Å². The Hall–Kier alpha value is -1.06. The lowest BCUT2D eigenvalue weighted by Gasteiger charge is -2.41. The normalized spacial score (nSPS) is 18.1. The van der Waals surface area contributed by atoms with Crippen LogP contribution in [0.4, 0.5) is 5.69 Å². The summed E-state index contributed by atoms with van der Waals surface area (Å²) in [4.78, 5) is 2.40. The topological polar surface area (TPSA) is 49.5 Å². The molecule has 2 rings (SSSR count). The lowest BCUT2D eigenvalue weighted by Crippen LogP contribution is -2.43. The molecule has 0 spiro atoms. The van der Waals surface area contributed by atoms with Gasteiger partial charge in [-0.05, 0) is 37.5 Å². The molecule has 1 aliphatic carbocycles. The predicted octanol–water partition coefficient (Wildman–Crippen LogP) is 2.18. The van der Waals surface area contributed by atoms with E-state index < -0.39 is 0 Å². The largest absolute Gasteiger partial charge is 0.399 e. The lowest BCUT2D eigenvalue weighted by atomic mass is 9.89. The molecule has 3 heteroatoms. The molecule has 3 nitrogen and oxygen atoms in total. The fourth-order valence-electron chi connectivity index (χ4n) is 2.54. The van der Waals surface area contributed by atoms with Crippen LogP contribution in [0.2, 0.25) is 0 Å². The monoisotopic (exact) mass is 234 g/mol. The van der Waals surface area contributed by atoms with Gasteiger partial charge in [0.15, 0.2) is 0 Å². The van der Waals surface area contributed by atoms with Crippen molar-refractivity contribution in [2.24, 2.45) is 0 Å². The second kappa shape index (κ2) is 5.52. The molecule has 0 aliphatic heterocycles. The standard InChI is InChI=1S/C14H22N2O/c1-11(12-4-2-5-13(15)10-12)16(8-9-17)14-6-3-7-14/h2,4-5,10-11,14,17H,3,6-9,15H2,1H3. The van der Waals surface area contributed by atoms with Crippen LogP contribution >= 0.6 is 0 Å². The minimum atomic E-state index is 0.225. The first-order chi connectivity index (χ1) is 8.22. The van der Waals surface area contributed by atoms with Crippen LogP contribution in [0.15, 0.2) is 24.3 Å². The van der Waals surface area contributed by atoms with E-state index in [4.69, 9.17) is 5.73 Å². The Morgan fingerprint density at radius 1 is 1.47 bits per heavy atom. The third-order valence-electron chi connectivity index (χ3n) is 3.79. The molecule has 1 fully saturated rings. The number of anilines is 1. The van der Waals surface area contributed by atoms with E-state index in [-0.39, 0.29) is 6.61 Å². The van der Waals surface area contributed by atoms with Gasteiger partial charge >= 0.3 is 0 Å². The van der Waals surface area contributed by atoms with Crippen molar-refractivity contribution in [2.45, 2.75) is 38.3 Å². The van der Waals surface area contributed by atoms with E-state index in [0.29, 0.717) is 12.1 Å². The fraction of sp³-hybridized carbons (Fsp3) is 0.571. The third kappa shape index (κ3) is 2.79. The Balaban J connectivity index is 2.11. The smallest absolute Gasteiger partial charge is 0.0558 e. The first kappa shape index (κ1) is 12.4. The highest BCUT2D eigenvalue weighted by Gasteiger charge is 2.28. The van der Waals surface area contributed by atoms with Gasteiger partial charge in [0.25, 0.3) is 0 Å². The zero-order valence-electron chi connectivity index (χ0n) is 10.5. The molecule has 1 aromatic rings. The Labute approximate surface area is 103 Å². The van der Waals surface area contributed by atoms with E-state index >= 15 is 0 Å². The number of benzene rings is 1. The molecule has 0 saturated heterocycles. The zero-order valence-corrected chi connectivity index (χ0v) is 10.5. The Kier molecular flexibility index (Phi) is 4.02. The Bertz CT molecular complexity index is 363. The van der Waals surface area contributed by atoms with Crippen molar-refractivity contribution in [1.82, 2.24) is 4.90 Å². The highest BCUT2D eigenvalue weighted by atomic mass is 16.3. The van der Waals surface area contributed by atoms with E-state index in [1.165, 1.54) is 24.8 Å². The third-order valence-corrected chi connectivity index (χ3v) is 3.79. The maximum absolute atomic E-state index is 9.19. The molecule has 1 unspecified atom stereocenters. The number of rotatable bonds is 5. The molecular formula is C14H22N2O. The highest BCUT2D eigenvalue weighted by Crippen LogP contribution is 2.32. The zero-order chi connectivity index (χ0) is 12.3. The molecular weight excluding hydrogens is 212 g/mol. The van der Waals surface area contributed by atoms with Gasteiger partial charge in [-0.25, -0.2) is 0 Å². The fourth-order valence-corrected chi connectivity index (χ4v) is 2.54. The molecule has 1 aliphatic rings. The van der Waals surface area contributed by atoms with Crippen LogP contribution in [0.1, 0.15) is 37.8 Å². The molecule has 1 aromatic carbocycles. The predicted molar refractivity (Wildman–Crippen MR) is 70.7 cm³/mol. The van der Waals surface area contributed by atoms with Crippen LogP contribution in [-0.2, 0) is 0 Å². The Morgan fingerprint density at radius 2 is 2.24 bits per heavy atom. The number of hydrogen-bond donors (Lipinski definition) is 2. The van der Waals surface area contributed by atoms with Gasteiger partial charge in [-0.3, -0.25) is 4.90 Å². The van der Waals surface area contributed by atoms with Gasteiger partial charge in [0.1, 0.15) is 0 Å². The van der Waals surface area contributed by atoms with Gasteiger partial charge in [-0.15, -0.1) is 0 Å². The van der Waals surface area contributed by atoms with Crippen LogP contribution in [0.3, 0.4) is 0 Å². The quantitative estimate of drug-likeness (QED) is 0.768. The van der Waals surface area contributed by atoms with Crippen molar-refractivity contribution in [1.29, 1.82) is 0 Å². The Morgan fingerprint density at radius 3 is 2.76 bits per heavy atom. The number of hydrogen-bond acceptors (Lipinski definition) is 3. The number of nitrogens with zero attached hydrogens (tertiary/aromatic N) is 1. The number of nitrogens with two attached hydrogens (primary N) is 1. The average molecular weight is 234 g/mol. The summed E-state index contributed by atoms with van der Waals surface area (Å²) in [5, 5.41) is 9.19. The molecule has 1 saturated carbocycles. The first-order valence-electron chi connectivity index (χ1n) is 6.44. The van der Waals surface area contributed by atoms with Gasteiger partial charge in [0.05, 0.1) is 6.61 Å². The van der Waals surface area contributed by atoms with Crippen molar-refractivity contribution in [2.75, 3.05) is 18.9 Å². The maximum Gasteiger partial charge on any atom is 0.0558 e. The molecule has 0 bridgehead atoms. The van der Waals surface area contributed by atoms with Crippen LogP contribution in [0.25, 0.3) is 0 Å². The second-order valence-corrected chi connectivity index (χ2v) is 4.89. The van der Waals surface area contributed by atoms with Crippen LogP contribution in [0.5, 0.6) is 0 Å². The summed E-state index contributed by atoms with van der Waals surface area (Å²) in [5.74, 6) is 0. The summed E-state index contributed by atoms with van der Waals surface area (Å²) in [6.45, 7) is 3.17. The summed E-state index contributed by atoms with van der Waals surface area (Å²) in [6.07, 6.45) is 3.83. The van der Waals surface area contributed by atoms with Gasteiger partial charge in [0.2, 0.25) is 0 Å². The van der Waals surface area contributed by atoms with Crippen LogP contribution in [0, 0.1) is 0 Å². The SMILES string of the molecule is CC(c1cccc(N)c1)N(CCO)C1CCC1. The summed E-state index contributed by atoms with van der Waals surface area (Å²) in [5.41, 5.74) is 7.88. The minimum absolute atomic E-state index is 0.225. The van der Waals surface area contributed by atoms with Crippen molar-refractivity contribution >= 4 is 5.69 Å². The van der Waals surface area contributed by atoms with Crippen molar-refractivity contribution in [3.8, 4) is 0 Å². The van der Waals surface area contributed by atoms with Crippen molar-refractivity contribution in [3.05, 3.63) is 29.8 Å². The summed E-state index contributed by atoms with van der Waals surface area (Å²) in [6, 6.07) is 9.03. The molecule has 1 atom stereocenters. The molecule has 0 aromatic heterocycles. The van der Waals surface area contributed by atoms with E-state index in [1.807, 2.05) is 18.2 Å². The van der Waals surface area contributed by atoms with Gasteiger partial charge < -0.3 is 10.8 Å². The van der Waals surface area contributed by atoms with Gasteiger partial charge in [-0.1, -0.05) is 18.6 Å². The highest BCUT2D eigenvalue weighted by molar-refractivity contribution is 5.41. The van der Waals surface area contributed by atoms with Crippen molar-refractivity contribution < 1.29 is 5.11 Å². The number of aliphatic hydroxyl groups is 1. The average Bonchev–Trinajstić information content (AvgIpc) is 2.25. The van der Waals surface area contributed by atoms with E-state index in [0.717, 1.165) is 12.2 Å². The van der Waals surface area contributed by atoms with Crippen LogP contribution in [-0.4, -0.2) is 29.2 Å². The second-order valence-electron chi connectivity index (χ2n) is 4.89. The van der Waals surface area contributed by atoms with Gasteiger partial charge in [0, 0.05) is 24.3 Å². The van der Waals surface area contributed by atoms with Crippen molar-refractivity contribution in [3.63, 3.8) is 0 Å². The molecule has 3 N–H and O–H groups in total. The van der Waals surface area contributed by atoms with E-state index in [1.54, 1.807) is 0 Å². The number of nitrogen functional groups attached to an aromatic ring is 1. The van der Waals surface area contributed by atoms with E-state index in [2.05, 4.69) is 17.9 Å². The molecule has 94 valence electrons. The molecule has 0 radical (unpaired) electrons. The maximum atomic E-state index is 9.19. The summed E-state index contributed by atoms with van der Waals surface area (Å²) < 4.78 is 0. The molecule has 17 heavy (non-hydrogen) atoms. The van der Waals surface area contributed by atoms with Gasteiger partial charge in [-0.2, -0.15) is 0 Å². The summed E-state index contributed by atoms with van der Waals surface area (Å²) in [7, 11) is 0. The lowest BCUT2D eigenvalue weighted by molar-refractivity contribution is 0.0663.